The summed E-state index contributed by atoms with van der Waals surface area (Å²) in [5, 5.41) is 9.52. The minimum atomic E-state index is -0.232. The molecule has 1 atom stereocenters. The van der Waals surface area contributed by atoms with Gasteiger partial charge in [0, 0.05) is 5.69 Å². The van der Waals surface area contributed by atoms with Crippen LogP contribution in [0.2, 0.25) is 0 Å². The van der Waals surface area contributed by atoms with Crippen molar-refractivity contribution in [2.45, 2.75) is 26.4 Å². The molecule has 0 amide bonds. The van der Waals surface area contributed by atoms with Gasteiger partial charge < -0.3 is 14.6 Å². The number of hydrogen-bond acceptors (Lipinski definition) is 4. The van der Waals surface area contributed by atoms with Crippen molar-refractivity contribution in [3.05, 3.63) is 24.3 Å². The Bertz CT molecular complexity index is 447. The second-order valence-corrected chi connectivity index (χ2v) is 5.67. The first-order valence-corrected chi connectivity index (χ1v) is 7.33. The van der Waals surface area contributed by atoms with Crippen LogP contribution in [0.4, 0.5) is 5.69 Å². The van der Waals surface area contributed by atoms with Gasteiger partial charge in [0.2, 0.25) is 0 Å². The third-order valence-electron chi connectivity index (χ3n) is 3.19. The second-order valence-electron chi connectivity index (χ2n) is 5.32. The van der Waals surface area contributed by atoms with E-state index in [1.165, 1.54) is 0 Å². The smallest absolute Gasteiger partial charge is 0.264 e. The molecule has 0 saturated carbocycles. The van der Waals surface area contributed by atoms with E-state index in [2.05, 4.69) is 13.8 Å². The molecule has 1 aromatic carbocycles. The van der Waals surface area contributed by atoms with Gasteiger partial charge in [0.1, 0.15) is 11.9 Å². The van der Waals surface area contributed by atoms with Crippen molar-refractivity contribution in [2.24, 2.45) is 5.92 Å². The highest BCUT2D eigenvalue weighted by Crippen LogP contribution is 2.24. The highest BCUT2D eigenvalue weighted by Gasteiger charge is 2.28. The maximum atomic E-state index is 9.10. The number of aliphatic hydroxyl groups excluding tert-OH is 1. The van der Waals surface area contributed by atoms with E-state index in [4.69, 9.17) is 26.8 Å². The zero-order valence-corrected chi connectivity index (χ0v) is 12.7. The van der Waals surface area contributed by atoms with E-state index in [9.17, 15) is 0 Å². The molecule has 1 aliphatic rings. The molecule has 20 heavy (non-hydrogen) atoms. The van der Waals surface area contributed by atoms with Crippen LogP contribution in [0.5, 0.6) is 5.75 Å². The summed E-state index contributed by atoms with van der Waals surface area (Å²) in [6.45, 7) is 5.65. The lowest BCUT2D eigenvalue weighted by Crippen LogP contribution is -2.25. The van der Waals surface area contributed by atoms with E-state index in [0.29, 0.717) is 17.6 Å². The summed E-state index contributed by atoms with van der Waals surface area (Å²) in [5.41, 5.74) is 0.960. The number of nitrogens with zero attached hydrogens (tertiary/aromatic N) is 1. The molecule has 1 heterocycles. The lowest BCUT2D eigenvalue weighted by molar-refractivity contribution is 0.136. The molecule has 2 rings (SSSR count). The first kappa shape index (κ1) is 15.1. The van der Waals surface area contributed by atoms with Crippen LogP contribution in [0.25, 0.3) is 0 Å². The van der Waals surface area contributed by atoms with Gasteiger partial charge in [0.05, 0.1) is 19.8 Å². The van der Waals surface area contributed by atoms with Gasteiger partial charge in [-0.1, -0.05) is 13.8 Å². The minimum Gasteiger partial charge on any atom is -0.494 e. The highest BCUT2D eigenvalue weighted by molar-refractivity contribution is 7.80. The molecule has 0 aromatic heterocycles. The fourth-order valence-corrected chi connectivity index (χ4v) is 2.28. The van der Waals surface area contributed by atoms with Crippen molar-refractivity contribution in [3.8, 4) is 5.75 Å². The van der Waals surface area contributed by atoms with Crippen molar-refractivity contribution in [1.29, 1.82) is 0 Å². The number of benzene rings is 1. The number of thiocarbonyl (C=S) groups is 1. The molecule has 1 fully saturated rings. The lowest BCUT2D eigenvalue weighted by atomic mass is 10.1. The quantitative estimate of drug-likeness (QED) is 0.817. The average Bonchev–Trinajstić information content (AvgIpc) is 2.80. The summed E-state index contributed by atoms with van der Waals surface area (Å²) in [7, 11) is 0. The molecular formula is C15H21NO3S. The molecule has 0 bridgehead atoms. The van der Waals surface area contributed by atoms with Crippen molar-refractivity contribution >= 4 is 23.1 Å². The van der Waals surface area contributed by atoms with Crippen LogP contribution in [-0.4, -0.2) is 36.1 Å². The first-order valence-electron chi connectivity index (χ1n) is 6.92. The molecule has 0 spiro atoms. The molecule has 0 aliphatic carbocycles. The summed E-state index contributed by atoms with van der Waals surface area (Å²) in [4.78, 5) is 1.88. The normalized spacial score (nSPS) is 18.5. The van der Waals surface area contributed by atoms with Crippen LogP contribution in [-0.2, 0) is 4.74 Å². The zero-order chi connectivity index (χ0) is 14.5. The Morgan fingerprint density at radius 3 is 2.65 bits per heavy atom. The largest absolute Gasteiger partial charge is 0.494 e. The van der Waals surface area contributed by atoms with Crippen LogP contribution in [0.3, 0.4) is 0 Å². The molecule has 5 heteroatoms. The molecule has 1 saturated heterocycles. The van der Waals surface area contributed by atoms with Crippen molar-refractivity contribution in [1.82, 2.24) is 0 Å². The maximum Gasteiger partial charge on any atom is 0.264 e. The number of anilines is 1. The van der Waals surface area contributed by atoms with Gasteiger partial charge >= 0.3 is 0 Å². The summed E-state index contributed by atoms with van der Waals surface area (Å²) >= 11 is 5.16. The molecule has 0 radical (unpaired) electrons. The van der Waals surface area contributed by atoms with Crippen molar-refractivity contribution < 1.29 is 14.6 Å². The Morgan fingerprint density at radius 1 is 1.40 bits per heavy atom. The number of rotatable bonds is 6. The van der Waals surface area contributed by atoms with E-state index in [0.717, 1.165) is 24.5 Å². The Morgan fingerprint density at radius 2 is 2.10 bits per heavy atom. The Kier molecular flexibility index (Phi) is 5.20. The monoisotopic (exact) mass is 295 g/mol. The SMILES string of the molecule is CC(C)CCOc1ccc(N2CC(CO)OC2=S)cc1. The maximum absolute atomic E-state index is 9.10. The number of hydrogen-bond donors (Lipinski definition) is 1. The van der Waals surface area contributed by atoms with Crippen LogP contribution in [0, 0.1) is 5.92 Å². The van der Waals surface area contributed by atoms with Gasteiger partial charge in [-0.3, -0.25) is 4.90 Å². The lowest BCUT2D eigenvalue weighted by Gasteiger charge is -2.15. The van der Waals surface area contributed by atoms with E-state index >= 15 is 0 Å². The molecule has 4 nitrogen and oxygen atoms in total. The molecule has 1 unspecified atom stereocenters. The summed E-state index contributed by atoms with van der Waals surface area (Å²) in [5.74, 6) is 1.50. The third kappa shape index (κ3) is 3.84. The predicted molar refractivity (Wildman–Crippen MR) is 83.3 cm³/mol. The Hall–Kier alpha value is -1.33. The molecular weight excluding hydrogens is 274 g/mol. The van der Waals surface area contributed by atoms with Crippen LogP contribution >= 0.6 is 12.2 Å². The van der Waals surface area contributed by atoms with E-state index in [-0.39, 0.29) is 12.7 Å². The zero-order valence-electron chi connectivity index (χ0n) is 11.9. The fraction of sp³-hybridized carbons (Fsp3) is 0.533. The number of ether oxygens (including phenoxy) is 2. The predicted octanol–water partition coefficient (Wildman–Crippen LogP) is 2.59. The van der Waals surface area contributed by atoms with Gasteiger partial charge in [-0.2, -0.15) is 0 Å². The standard InChI is InChI=1S/C15H21NO3S/c1-11(2)7-8-18-13-5-3-12(4-6-13)16-9-14(10-17)19-15(16)20/h3-6,11,14,17H,7-10H2,1-2H3. The van der Waals surface area contributed by atoms with Gasteiger partial charge in [0.15, 0.2) is 0 Å². The van der Waals surface area contributed by atoms with Gasteiger partial charge in [0.25, 0.3) is 5.17 Å². The van der Waals surface area contributed by atoms with Crippen LogP contribution < -0.4 is 9.64 Å². The van der Waals surface area contributed by atoms with Gasteiger partial charge in [-0.25, -0.2) is 0 Å². The minimum absolute atomic E-state index is 0.0208. The topological polar surface area (TPSA) is 41.9 Å². The summed E-state index contributed by atoms with van der Waals surface area (Å²) < 4.78 is 11.1. The van der Waals surface area contributed by atoms with Crippen molar-refractivity contribution in [3.63, 3.8) is 0 Å². The molecule has 1 aromatic rings. The fourth-order valence-electron chi connectivity index (χ4n) is 1.96. The highest BCUT2D eigenvalue weighted by atomic mass is 32.1. The molecule has 1 aliphatic heterocycles. The van der Waals surface area contributed by atoms with Crippen molar-refractivity contribution in [2.75, 3.05) is 24.7 Å². The van der Waals surface area contributed by atoms with E-state index in [1.807, 2.05) is 29.2 Å². The molecule has 110 valence electrons. The van der Waals surface area contributed by atoms with Gasteiger partial charge in [-0.05, 0) is 48.8 Å². The number of aliphatic hydroxyl groups is 1. The Balaban J connectivity index is 1.93. The second kappa shape index (κ2) is 6.90. The Labute approximate surface area is 125 Å². The van der Waals surface area contributed by atoms with E-state index in [1.54, 1.807) is 0 Å². The van der Waals surface area contributed by atoms with Gasteiger partial charge in [-0.15, -0.1) is 0 Å². The summed E-state index contributed by atoms with van der Waals surface area (Å²) in [6.07, 6.45) is 0.814. The first-order chi connectivity index (χ1) is 9.60. The van der Waals surface area contributed by atoms with Crippen LogP contribution in [0.1, 0.15) is 20.3 Å². The summed E-state index contributed by atoms with van der Waals surface area (Å²) in [6, 6.07) is 7.79. The van der Waals surface area contributed by atoms with E-state index < -0.39 is 0 Å². The van der Waals surface area contributed by atoms with Crippen LogP contribution in [0.15, 0.2) is 24.3 Å². The average molecular weight is 295 g/mol. The third-order valence-corrected chi connectivity index (χ3v) is 3.51. The molecule has 1 N–H and O–H groups in total.